The molecule has 5 heteroatoms. The molecular formula is C9H13IN2O2. The Morgan fingerprint density at radius 2 is 2.00 bits per heavy atom. The maximum absolute atomic E-state index is 11.0. The lowest BCUT2D eigenvalue weighted by Gasteiger charge is -2.21. The van der Waals surface area contributed by atoms with E-state index in [0.29, 0.717) is 0 Å². The molecule has 0 aromatic carbocycles. The molecule has 0 saturated carbocycles. The fourth-order valence-corrected chi connectivity index (χ4v) is 1.59. The van der Waals surface area contributed by atoms with Crippen molar-refractivity contribution in [1.29, 1.82) is 0 Å². The minimum Gasteiger partial charge on any atom is -0.479 e. The second-order valence-electron chi connectivity index (χ2n) is 3.76. The summed E-state index contributed by atoms with van der Waals surface area (Å²) < 4.78 is 2.59. The SMILES string of the molecule is Cc1nn(C(C)(C)C(=O)O)c(C)c1I. The average Bonchev–Trinajstić information content (AvgIpc) is 2.33. The summed E-state index contributed by atoms with van der Waals surface area (Å²) in [6, 6.07) is 0. The van der Waals surface area contributed by atoms with Crippen LogP contribution in [0.1, 0.15) is 25.2 Å². The molecule has 4 nitrogen and oxygen atoms in total. The van der Waals surface area contributed by atoms with Crippen LogP contribution in [0, 0.1) is 17.4 Å². The molecule has 1 aromatic heterocycles. The van der Waals surface area contributed by atoms with Gasteiger partial charge in [0, 0.05) is 0 Å². The van der Waals surface area contributed by atoms with Crippen molar-refractivity contribution in [2.24, 2.45) is 0 Å². The molecule has 0 spiro atoms. The van der Waals surface area contributed by atoms with Crippen LogP contribution in [0.3, 0.4) is 0 Å². The van der Waals surface area contributed by atoms with Crippen LogP contribution in [0.5, 0.6) is 0 Å². The van der Waals surface area contributed by atoms with E-state index in [9.17, 15) is 4.79 Å². The summed E-state index contributed by atoms with van der Waals surface area (Å²) >= 11 is 2.18. The number of carboxylic acid groups (broad SMARTS) is 1. The Morgan fingerprint density at radius 1 is 1.50 bits per heavy atom. The first kappa shape index (κ1) is 11.5. The van der Waals surface area contributed by atoms with Gasteiger partial charge in [-0.15, -0.1) is 0 Å². The topological polar surface area (TPSA) is 55.1 Å². The molecule has 0 aliphatic heterocycles. The van der Waals surface area contributed by atoms with E-state index in [4.69, 9.17) is 5.11 Å². The van der Waals surface area contributed by atoms with Crippen LogP contribution in [0.15, 0.2) is 0 Å². The number of rotatable bonds is 2. The van der Waals surface area contributed by atoms with Gasteiger partial charge in [0.05, 0.1) is 15.0 Å². The van der Waals surface area contributed by atoms with Gasteiger partial charge in [0.1, 0.15) is 0 Å². The molecule has 14 heavy (non-hydrogen) atoms. The number of hydrogen-bond acceptors (Lipinski definition) is 2. The highest BCUT2D eigenvalue weighted by Crippen LogP contribution is 2.22. The second kappa shape index (κ2) is 3.52. The third kappa shape index (κ3) is 1.65. The Bertz CT molecular complexity index is 382. The Morgan fingerprint density at radius 3 is 2.29 bits per heavy atom. The lowest BCUT2D eigenvalue weighted by molar-refractivity contribution is -0.146. The van der Waals surface area contributed by atoms with Crippen LogP contribution in [0.25, 0.3) is 0 Å². The highest BCUT2D eigenvalue weighted by atomic mass is 127. The number of aliphatic carboxylic acids is 1. The van der Waals surface area contributed by atoms with Gasteiger partial charge < -0.3 is 5.11 Å². The number of nitrogens with zero attached hydrogens (tertiary/aromatic N) is 2. The van der Waals surface area contributed by atoms with Crippen LogP contribution < -0.4 is 0 Å². The molecule has 0 amide bonds. The normalized spacial score (nSPS) is 11.8. The minimum absolute atomic E-state index is 0.873. The van der Waals surface area contributed by atoms with Gasteiger partial charge in [0.25, 0.3) is 0 Å². The van der Waals surface area contributed by atoms with Crippen LogP contribution in [0.2, 0.25) is 0 Å². The largest absolute Gasteiger partial charge is 0.479 e. The molecule has 0 unspecified atom stereocenters. The van der Waals surface area contributed by atoms with Crippen molar-refractivity contribution in [2.45, 2.75) is 33.2 Å². The summed E-state index contributed by atoms with van der Waals surface area (Å²) in [5, 5.41) is 13.3. The van der Waals surface area contributed by atoms with E-state index in [0.717, 1.165) is 15.0 Å². The molecule has 0 aliphatic carbocycles. The summed E-state index contributed by atoms with van der Waals surface area (Å²) in [6.45, 7) is 7.05. The van der Waals surface area contributed by atoms with E-state index in [-0.39, 0.29) is 0 Å². The molecule has 0 radical (unpaired) electrons. The van der Waals surface area contributed by atoms with Crippen LogP contribution in [-0.4, -0.2) is 20.9 Å². The average molecular weight is 308 g/mol. The van der Waals surface area contributed by atoms with E-state index in [1.807, 2.05) is 13.8 Å². The second-order valence-corrected chi connectivity index (χ2v) is 4.84. The van der Waals surface area contributed by atoms with Gasteiger partial charge in [-0.2, -0.15) is 5.10 Å². The molecule has 0 atom stereocenters. The summed E-state index contributed by atoms with van der Waals surface area (Å²) in [5.74, 6) is -0.875. The standard InChI is InChI=1S/C9H13IN2O2/c1-5-7(10)6(2)12(11-5)9(3,4)8(13)14/h1-4H3,(H,13,14). The predicted octanol–water partition coefficient (Wildman–Crippen LogP) is 1.92. The van der Waals surface area contributed by atoms with E-state index in [1.54, 1.807) is 18.5 Å². The third-order valence-corrected chi connectivity index (χ3v) is 3.82. The number of aryl methyl sites for hydroxylation is 1. The van der Waals surface area contributed by atoms with Crippen LogP contribution >= 0.6 is 22.6 Å². The van der Waals surface area contributed by atoms with Crippen molar-refractivity contribution in [2.75, 3.05) is 0 Å². The summed E-state index contributed by atoms with van der Waals surface area (Å²) in [4.78, 5) is 11.0. The highest BCUT2D eigenvalue weighted by Gasteiger charge is 2.32. The van der Waals surface area contributed by atoms with Gasteiger partial charge in [-0.25, -0.2) is 4.79 Å². The predicted molar refractivity (Wildman–Crippen MR) is 61.4 cm³/mol. The summed E-state index contributed by atoms with van der Waals surface area (Å²) in [6.07, 6.45) is 0. The van der Waals surface area contributed by atoms with Crippen LogP contribution in [-0.2, 0) is 10.3 Å². The van der Waals surface area contributed by atoms with E-state index >= 15 is 0 Å². The van der Waals surface area contributed by atoms with Crippen molar-refractivity contribution < 1.29 is 9.90 Å². The monoisotopic (exact) mass is 308 g/mol. The maximum Gasteiger partial charge on any atom is 0.331 e. The molecule has 0 bridgehead atoms. The van der Waals surface area contributed by atoms with E-state index in [2.05, 4.69) is 27.7 Å². The Balaban J connectivity index is 3.33. The molecule has 1 N–H and O–H groups in total. The first-order valence-corrected chi connectivity index (χ1v) is 5.32. The molecule has 0 saturated heterocycles. The Kier molecular flexibility index (Phi) is 2.89. The molecule has 1 rings (SSSR count). The van der Waals surface area contributed by atoms with Gasteiger partial charge in [-0.1, -0.05) is 0 Å². The zero-order valence-electron chi connectivity index (χ0n) is 8.63. The summed E-state index contributed by atoms with van der Waals surface area (Å²) in [5.41, 5.74) is 0.783. The molecule has 0 aliphatic rings. The molecular weight excluding hydrogens is 295 g/mol. The lowest BCUT2D eigenvalue weighted by Crippen LogP contribution is -2.37. The van der Waals surface area contributed by atoms with Gasteiger partial charge in [0.15, 0.2) is 5.54 Å². The number of carbonyl (C=O) groups is 1. The zero-order chi connectivity index (χ0) is 11.1. The third-order valence-electron chi connectivity index (χ3n) is 2.26. The van der Waals surface area contributed by atoms with E-state index < -0.39 is 11.5 Å². The summed E-state index contributed by atoms with van der Waals surface area (Å²) in [7, 11) is 0. The number of carboxylic acids is 1. The first-order valence-electron chi connectivity index (χ1n) is 4.24. The van der Waals surface area contributed by atoms with Crippen molar-refractivity contribution >= 4 is 28.6 Å². The van der Waals surface area contributed by atoms with Crippen molar-refractivity contribution in [3.8, 4) is 0 Å². The van der Waals surface area contributed by atoms with Crippen molar-refractivity contribution in [1.82, 2.24) is 9.78 Å². The van der Waals surface area contributed by atoms with Gasteiger partial charge in [0.2, 0.25) is 0 Å². The fraction of sp³-hybridized carbons (Fsp3) is 0.556. The number of hydrogen-bond donors (Lipinski definition) is 1. The highest BCUT2D eigenvalue weighted by molar-refractivity contribution is 14.1. The van der Waals surface area contributed by atoms with Crippen molar-refractivity contribution in [3.05, 3.63) is 15.0 Å². The zero-order valence-corrected chi connectivity index (χ0v) is 10.8. The van der Waals surface area contributed by atoms with Gasteiger partial charge >= 0.3 is 5.97 Å². The fourth-order valence-electron chi connectivity index (χ4n) is 1.26. The number of halogens is 1. The van der Waals surface area contributed by atoms with E-state index in [1.165, 1.54) is 0 Å². The molecule has 1 aromatic rings. The minimum atomic E-state index is -0.988. The maximum atomic E-state index is 11.0. The Hall–Kier alpha value is -0.590. The molecule has 0 fully saturated rings. The quantitative estimate of drug-likeness (QED) is 0.849. The smallest absolute Gasteiger partial charge is 0.331 e. The lowest BCUT2D eigenvalue weighted by atomic mass is 10.1. The van der Waals surface area contributed by atoms with Crippen LogP contribution in [0.4, 0.5) is 0 Å². The van der Waals surface area contributed by atoms with Gasteiger partial charge in [-0.05, 0) is 50.3 Å². The molecule has 1 heterocycles. The van der Waals surface area contributed by atoms with Gasteiger partial charge in [-0.3, -0.25) is 4.68 Å². The first-order chi connectivity index (χ1) is 6.28. The number of aromatic nitrogens is 2. The Labute approximate surface area is 96.4 Å². The van der Waals surface area contributed by atoms with Crippen molar-refractivity contribution in [3.63, 3.8) is 0 Å². The molecule has 78 valence electrons.